The normalized spacial score (nSPS) is 10.7. The molecule has 4 heteroatoms. The molecule has 0 amide bonds. The van der Waals surface area contributed by atoms with Gasteiger partial charge in [0, 0.05) is 5.56 Å². The second-order valence-electron chi connectivity index (χ2n) is 6.24. The Morgan fingerprint density at radius 3 is 2.32 bits per heavy atom. The monoisotopic (exact) mass is 335 g/mol. The molecule has 128 valence electrons. The lowest BCUT2D eigenvalue weighted by molar-refractivity contribution is 0.0465. The summed E-state index contributed by atoms with van der Waals surface area (Å²) in [6, 6.07) is 13.6. The molecule has 3 rings (SSSR count). The third kappa shape index (κ3) is 3.63. The number of ether oxygens (including phenoxy) is 1. The number of rotatable bonds is 4. The third-order valence-corrected chi connectivity index (χ3v) is 4.13. The molecule has 0 fully saturated rings. The zero-order chi connectivity index (χ0) is 18.0. The van der Waals surface area contributed by atoms with Crippen molar-refractivity contribution < 1.29 is 13.9 Å². The Hall–Kier alpha value is -2.88. The minimum atomic E-state index is -0.335. The molecule has 0 aliphatic heterocycles. The fraction of sp³-hybridized carbons (Fsp3) is 0.238. The topological polar surface area (TPSA) is 52.3 Å². The molecule has 0 aliphatic rings. The summed E-state index contributed by atoms with van der Waals surface area (Å²) in [6.07, 6.45) is 0. The number of aromatic nitrogens is 1. The smallest absolute Gasteiger partial charge is 0.339 e. The molecule has 0 saturated carbocycles. The van der Waals surface area contributed by atoms with E-state index in [1.807, 2.05) is 70.2 Å². The van der Waals surface area contributed by atoms with Crippen LogP contribution in [0.15, 0.2) is 46.9 Å². The summed E-state index contributed by atoms with van der Waals surface area (Å²) in [7, 11) is 0. The van der Waals surface area contributed by atoms with E-state index in [1.54, 1.807) is 0 Å². The van der Waals surface area contributed by atoms with Crippen LogP contribution in [0.1, 0.15) is 38.5 Å². The molecule has 0 atom stereocenters. The molecule has 25 heavy (non-hydrogen) atoms. The largest absolute Gasteiger partial charge is 0.455 e. The highest BCUT2D eigenvalue weighted by Gasteiger charge is 2.17. The van der Waals surface area contributed by atoms with Crippen LogP contribution in [0.5, 0.6) is 0 Å². The van der Waals surface area contributed by atoms with Gasteiger partial charge in [-0.1, -0.05) is 35.9 Å². The van der Waals surface area contributed by atoms with Crippen LogP contribution in [0.3, 0.4) is 0 Å². The molecular formula is C21H21NO3. The number of benzene rings is 2. The maximum atomic E-state index is 12.5. The number of aryl methyl sites for hydroxylation is 4. The Bertz CT molecular complexity index is 887. The lowest BCUT2D eigenvalue weighted by Crippen LogP contribution is -2.10. The fourth-order valence-electron chi connectivity index (χ4n) is 2.97. The number of oxazole rings is 1. The van der Waals surface area contributed by atoms with Crippen LogP contribution < -0.4 is 0 Å². The van der Waals surface area contributed by atoms with Gasteiger partial charge in [0.2, 0.25) is 5.89 Å². The summed E-state index contributed by atoms with van der Waals surface area (Å²) in [5, 5.41) is 0. The van der Waals surface area contributed by atoms with Crippen molar-refractivity contribution in [3.63, 3.8) is 0 Å². The van der Waals surface area contributed by atoms with E-state index in [-0.39, 0.29) is 12.6 Å². The molecule has 0 N–H and O–H groups in total. The average Bonchev–Trinajstić information content (AvgIpc) is 2.94. The first-order valence-electron chi connectivity index (χ1n) is 8.22. The quantitative estimate of drug-likeness (QED) is 0.634. The van der Waals surface area contributed by atoms with Gasteiger partial charge < -0.3 is 9.15 Å². The van der Waals surface area contributed by atoms with Gasteiger partial charge in [-0.15, -0.1) is 0 Å². The van der Waals surface area contributed by atoms with Crippen molar-refractivity contribution in [2.24, 2.45) is 0 Å². The van der Waals surface area contributed by atoms with Crippen molar-refractivity contribution in [1.29, 1.82) is 0 Å². The van der Waals surface area contributed by atoms with Crippen molar-refractivity contribution in [1.82, 2.24) is 4.98 Å². The van der Waals surface area contributed by atoms with Crippen LogP contribution in [-0.4, -0.2) is 11.0 Å². The highest BCUT2D eigenvalue weighted by Crippen LogP contribution is 2.23. The first-order valence-corrected chi connectivity index (χ1v) is 8.22. The Balaban J connectivity index is 1.76. The Morgan fingerprint density at radius 1 is 1.04 bits per heavy atom. The number of hydrogen-bond acceptors (Lipinski definition) is 4. The van der Waals surface area contributed by atoms with Gasteiger partial charge in [0.25, 0.3) is 0 Å². The summed E-state index contributed by atoms with van der Waals surface area (Å²) in [4.78, 5) is 16.9. The first-order chi connectivity index (χ1) is 12.0. The molecule has 0 bridgehead atoms. The van der Waals surface area contributed by atoms with Crippen molar-refractivity contribution in [3.05, 3.63) is 76.2 Å². The number of carbonyl (C=O) groups excluding carboxylic acids is 1. The molecule has 1 aromatic heterocycles. The Labute approximate surface area is 147 Å². The predicted molar refractivity (Wildman–Crippen MR) is 96.4 cm³/mol. The zero-order valence-corrected chi connectivity index (χ0v) is 14.9. The Kier molecular flexibility index (Phi) is 4.70. The SMILES string of the molecule is Cc1cc(C)c(C(=O)OCc2nc(-c3ccccc3)oc2C)c(C)c1. The molecular weight excluding hydrogens is 314 g/mol. The summed E-state index contributed by atoms with van der Waals surface area (Å²) in [6.45, 7) is 7.77. The van der Waals surface area contributed by atoms with Crippen LogP contribution in [0.2, 0.25) is 0 Å². The molecule has 0 unspecified atom stereocenters. The molecule has 4 nitrogen and oxygen atoms in total. The maximum absolute atomic E-state index is 12.5. The van der Waals surface area contributed by atoms with Gasteiger partial charge in [0.05, 0.1) is 5.56 Å². The van der Waals surface area contributed by atoms with E-state index in [0.717, 1.165) is 22.3 Å². The highest BCUT2D eigenvalue weighted by atomic mass is 16.5. The van der Waals surface area contributed by atoms with Crippen LogP contribution in [0, 0.1) is 27.7 Å². The second-order valence-corrected chi connectivity index (χ2v) is 6.24. The lowest BCUT2D eigenvalue weighted by Gasteiger charge is -2.10. The van der Waals surface area contributed by atoms with Gasteiger partial charge >= 0.3 is 5.97 Å². The summed E-state index contributed by atoms with van der Waals surface area (Å²) in [5.74, 6) is 0.856. The van der Waals surface area contributed by atoms with E-state index in [0.29, 0.717) is 22.9 Å². The van der Waals surface area contributed by atoms with E-state index in [4.69, 9.17) is 9.15 Å². The van der Waals surface area contributed by atoms with Crippen LogP contribution in [-0.2, 0) is 11.3 Å². The van der Waals surface area contributed by atoms with E-state index in [9.17, 15) is 4.79 Å². The van der Waals surface area contributed by atoms with Crippen molar-refractivity contribution >= 4 is 5.97 Å². The van der Waals surface area contributed by atoms with Gasteiger partial charge in [-0.2, -0.15) is 0 Å². The molecule has 0 radical (unpaired) electrons. The van der Waals surface area contributed by atoms with E-state index >= 15 is 0 Å². The third-order valence-electron chi connectivity index (χ3n) is 4.13. The molecule has 0 saturated heterocycles. The van der Waals surface area contributed by atoms with Gasteiger partial charge in [0.1, 0.15) is 18.1 Å². The van der Waals surface area contributed by atoms with Gasteiger partial charge in [-0.05, 0) is 51.0 Å². The van der Waals surface area contributed by atoms with Crippen LogP contribution in [0.4, 0.5) is 0 Å². The van der Waals surface area contributed by atoms with Gasteiger partial charge in [-0.25, -0.2) is 9.78 Å². The predicted octanol–water partition coefficient (Wildman–Crippen LogP) is 4.93. The summed E-state index contributed by atoms with van der Waals surface area (Å²) >= 11 is 0. The van der Waals surface area contributed by atoms with E-state index in [1.165, 1.54) is 0 Å². The zero-order valence-electron chi connectivity index (χ0n) is 14.9. The maximum Gasteiger partial charge on any atom is 0.339 e. The number of carbonyl (C=O) groups is 1. The number of nitrogens with zero attached hydrogens (tertiary/aromatic N) is 1. The molecule has 3 aromatic rings. The molecule has 2 aromatic carbocycles. The van der Waals surface area contributed by atoms with Crippen LogP contribution in [0.25, 0.3) is 11.5 Å². The van der Waals surface area contributed by atoms with Crippen LogP contribution >= 0.6 is 0 Å². The van der Waals surface area contributed by atoms with Gasteiger partial charge in [-0.3, -0.25) is 0 Å². The Morgan fingerprint density at radius 2 is 1.68 bits per heavy atom. The fourth-order valence-corrected chi connectivity index (χ4v) is 2.97. The van der Waals surface area contributed by atoms with Crippen molar-refractivity contribution in [2.45, 2.75) is 34.3 Å². The molecule has 1 heterocycles. The lowest BCUT2D eigenvalue weighted by atomic mass is 10.00. The van der Waals surface area contributed by atoms with Gasteiger partial charge in [0.15, 0.2) is 0 Å². The summed E-state index contributed by atoms with van der Waals surface area (Å²) in [5.41, 5.74) is 5.12. The molecule has 0 aliphatic carbocycles. The molecule has 0 spiro atoms. The van der Waals surface area contributed by atoms with Crippen molar-refractivity contribution in [2.75, 3.05) is 0 Å². The standard InChI is InChI=1S/C21H21NO3/c1-13-10-14(2)19(15(3)11-13)21(23)24-12-18-16(4)25-20(22-18)17-8-6-5-7-9-17/h5-11H,12H2,1-4H3. The van der Waals surface area contributed by atoms with E-state index in [2.05, 4.69) is 4.98 Å². The average molecular weight is 335 g/mol. The minimum Gasteiger partial charge on any atom is -0.455 e. The minimum absolute atomic E-state index is 0.0910. The highest BCUT2D eigenvalue weighted by molar-refractivity contribution is 5.92. The van der Waals surface area contributed by atoms with E-state index < -0.39 is 0 Å². The number of hydrogen-bond donors (Lipinski definition) is 0. The first kappa shape index (κ1) is 17.0. The number of esters is 1. The second kappa shape index (κ2) is 6.93. The van der Waals surface area contributed by atoms with Crippen molar-refractivity contribution in [3.8, 4) is 11.5 Å². The summed E-state index contributed by atoms with van der Waals surface area (Å²) < 4.78 is 11.2.